The van der Waals surface area contributed by atoms with E-state index in [4.69, 9.17) is 0 Å². The Bertz CT molecular complexity index is 1240. The SMILES string of the molecule is CC(C)c1cccc(C(C)C)c1N1CCN(c2c(C(C)C)cccc2C(C)C)C1c1c(F)c(F)c(F)c(F)c1F. The van der Waals surface area contributed by atoms with Crippen molar-refractivity contribution in [1.82, 2.24) is 0 Å². The molecule has 0 atom stereocenters. The van der Waals surface area contributed by atoms with E-state index in [0.29, 0.717) is 13.1 Å². The quantitative estimate of drug-likeness (QED) is 0.162. The lowest BCUT2D eigenvalue weighted by Gasteiger charge is -2.38. The standard InChI is InChI=1S/C33H39F5N2/c1-17(2)21-11-9-12-22(18(3)4)31(21)39-15-16-40(32-23(19(5)6)13-10-14-24(32)20(7)8)33(39)25-26(34)28(36)30(38)29(37)27(25)35/h9-14,17-20,33H,15-16H2,1-8H3. The molecule has 40 heavy (non-hydrogen) atoms. The molecule has 4 rings (SSSR count). The van der Waals surface area contributed by atoms with Crippen LogP contribution >= 0.6 is 0 Å². The molecule has 3 aromatic carbocycles. The van der Waals surface area contributed by atoms with E-state index in [1.165, 1.54) is 0 Å². The van der Waals surface area contributed by atoms with Gasteiger partial charge in [0.2, 0.25) is 5.82 Å². The molecule has 0 spiro atoms. The highest BCUT2D eigenvalue weighted by molar-refractivity contribution is 5.70. The predicted molar refractivity (Wildman–Crippen MR) is 153 cm³/mol. The van der Waals surface area contributed by atoms with Crippen molar-refractivity contribution in [2.24, 2.45) is 0 Å². The monoisotopic (exact) mass is 558 g/mol. The maximum absolute atomic E-state index is 15.7. The molecule has 0 bridgehead atoms. The van der Waals surface area contributed by atoms with Crippen molar-refractivity contribution in [2.75, 3.05) is 22.9 Å². The van der Waals surface area contributed by atoms with Crippen LogP contribution in [0.15, 0.2) is 36.4 Å². The second kappa shape index (κ2) is 11.4. The minimum absolute atomic E-state index is 0.0639. The molecule has 1 aliphatic heterocycles. The average Bonchev–Trinajstić information content (AvgIpc) is 3.33. The summed E-state index contributed by atoms with van der Waals surface area (Å²) in [4.78, 5) is 3.70. The van der Waals surface area contributed by atoms with Crippen molar-refractivity contribution < 1.29 is 22.0 Å². The van der Waals surface area contributed by atoms with Gasteiger partial charge in [0.25, 0.3) is 0 Å². The number of hydrogen-bond donors (Lipinski definition) is 0. The average molecular weight is 559 g/mol. The van der Waals surface area contributed by atoms with E-state index >= 15 is 8.78 Å². The molecule has 0 aromatic heterocycles. The van der Waals surface area contributed by atoms with Gasteiger partial charge in [0.15, 0.2) is 23.3 Å². The zero-order valence-electron chi connectivity index (χ0n) is 24.5. The maximum Gasteiger partial charge on any atom is 0.200 e. The summed E-state index contributed by atoms with van der Waals surface area (Å²) in [5.74, 6) is -9.33. The molecule has 1 aliphatic rings. The molecule has 0 radical (unpaired) electrons. The Morgan fingerprint density at radius 1 is 0.500 bits per heavy atom. The highest BCUT2D eigenvalue weighted by atomic mass is 19.2. The lowest BCUT2D eigenvalue weighted by atomic mass is 9.90. The van der Waals surface area contributed by atoms with Crippen LogP contribution in [0.2, 0.25) is 0 Å². The van der Waals surface area contributed by atoms with Crippen LogP contribution in [-0.4, -0.2) is 13.1 Å². The van der Waals surface area contributed by atoms with Crippen molar-refractivity contribution in [3.63, 3.8) is 0 Å². The fourth-order valence-corrected chi connectivity index (χ4v) is 5.94. The van der Waals surface area contributed by atoms with Crippen LogP contribution in [0, 0.1) is 29.1 Å². The third-order valence-corrected chi connectivity index (χ3v) is 7.93. The van der Waals surface area contributed by atoms with E-state index < -0.39 is 40.8 Å². The van der Waals surface area contributed by atoms with Crippen LogP contribution in [0.5, 0.6) is 0 Å². The first kappa shape index (κ1) is 29.9. The Kier molecular flexibility index (Phi) is 8.53. The second-order valence-electron chi connectivity index (χ2n) is 11.9. The minimum atomic E-state index is -2.15. The van der Waals surface area contributed by atoms with E-state index in [-0.39, 0.29) is 23.7 Å². The van der Waals surface area contributed by atoms with E-state index in [9.17, 15) is 13.2 Å². The maximum atomic E-state index is 15.7. The molecular formula is C33H39F5N2. The Hall–Kier alpha value is -3.09. The van der Waals surface area contributed by atoms with Crippen molar-refractivity contribution in [1.29, 1.82) is 0 Å². The first-order chi connectivity index (χ1) is 18.8. The number of para-hydroxylation sites is 2. The second-order valence-corrected chi connectivity index (χ2v) is 11.9. The summed E-state index contributed by atoms with van der Waals surface area (Å²) in [6.07, 6.45) is -1.25. The first-order valence-corrected chi connectivity index (χ1v) is 14.1. The van der Waals surface area contributed by atoms with E-state index in [1.807, 2.05) is 102 Å². The Labute approximate surface area is 234 Å². The van der Waals surface area contributed by atoms with Crippen LogP contribution in [0.1, 0.15) is 113 Å². The summed E-state index contributed by atoms with van der Waals surface area (Å²) >= 11 is 0. The van der Waals surface area contributed by atoms with Crippen LogP contribution in [-0.2, 0) is 0 Å². The molecule has 1 saturated heterocycles. The molecule has 7 heteroatoms. The van der Waals surface area contributed by atoms with Crippen molar-refractivity contribution in [2.45, 2.75) is 85.2 Å². The summed E-state index contributed by atoms with van der Waals surface area (Å²) in [7, 11) is 0. The van der Waals surface area contributed by atoms with Gasteiger partial charge in [0, 0.05) is 24.5 Å². The Balaban J connectivity index is 2.12. The number of hydrogen-bond acceptors (Lipinski definition) is 2. The molecule has 0 amide bonds. The van der Waals surface area contributed by atoms with Gasteiger partial charge in [0.1, 0.15) is 6.17 Å². The summed E-state index contributed by atoms with van der Waals surface area (Å²) in [5, 5.41) is 0. The molecule has 0 unspecified atom stereocenters. The van der Waals surface area contributed by atoms with Crippen molar-refractivity contribution in [3.05, 3.63) is 93.3 Å². The number of benzene rings is 3. The topological polar surface area (TPSA) is 6.48 Å². The van der Waals surface area contributed by atoms with Gasteiger partial charge < -0.3 is 9.80 Å². The lowest BCUT2D eigenvalue weighted by molar-refractivity contribution is 0.364. The third kappa shape index (κ3) is 4.97. The minimum Gasteiger partial charge on any atom is -0.345 e. The highest BCUT2D eigenvalue weighted by Crippen LogP contribution is 2.48. The van der Waals surface area contributed by atoms with Gasteiger partial charge in [-0.05, 0) is 45.9 Å². The van der Waals surface area contributed by atoms with Crippen LogP contribution in [0.4, 0.5) is 33.3 Å². The first-order valence-electron chi connectivity index (χ1n) is 14.1. The zero-order chi connectivity index (χ0) is 29.6. The van der Waals surface area contributed by atoms with Crippen LogP contribution < -0.4 is 9.80 Å². The van der Waals surface area contributed by atoms with Gasteiger partial charge in [-0.1, -0.05) is 91.8 Å². The van der Waals surface area contributed by atoms with Crippen LogP contribution in [0.3, 0.4) is 0 Å². The summed E-state index contributed by atoms with van der Waals surface area (Å²) in [5.41, 5.74) is 4.60. The van der Waals surface area contributed by atoms with Gasteiger partial charge in [-0.2, -0.15) is 0 Å². The highest BCUT2D eigenvalue weighted by Gasteiger charge is 2.43. The Morgan fingerprint density at radius 3 is 1.05 bits per heavy atom. The number of halogens is 5. The van der Waals surface area contributed by atoms with Gasteiger partial charge in [-0.25, -0.2) is 22.0 Å². The van der Waals surface area contributed by atoms with Gasteiger partial charge in [-0.3, -0.25) is 0 Å². The summed E-state index contributed by atoms with van der Waals surface area (Å²) in [6.45, 7) is 17.0. The number of rotatable bonds is 7. The molecule has 1 fully saturated rings. The van der Waals surface area contributed by atoms with Crippen molar-refractivity contribution >= 4 is 11.4 Å². The molecule has 0 saturated carbocycles. The largest absolute Gasteiger partial charge is 0.345 e. The molecule has 3 aromatic rings. The number of anilines is 2. The molecule has 0 aliphatic carbocycles. The van der Waals surface area contributed by atoms with E-state index in [0.717, 1.165) is 33.6 Å². The fourth-order valence-electron chi connectivity index (χ4n) is 5.94. The number of nitrogens with zero attached hydrogens (tertiary/aromatic N) is 2. The smallest absolute Gasteiger partial charge is 0.200 e. The summed E-state index contributed by atoms with van der Waals surface area (Å²) in [6, 6.07) is 11.8. The summed E-state index contributed by atoms with van der Waals surface area (Å²) < 4.78 is 75.1. The fraction of sp³-hybridized carbons (Fsp3) is 0.455. The zero-order valence-corrected chi connectivity index (χ0v) is 24.5. The molecule has 216 valence electrons. The predicted octanol–water partition coefficient (Wildman–Crippen LogP) is 9.90. The van der Waals surface area contributed by atoms with Gasteiger partial charge >= 0.3 is 0 Å². The third-order valence-electron chi connectivity index (χ3n) is 7.93. The van der Waals surface area contributed by atoms with Crippen LogP contribution in [0.25, 0.3) is 0 Å². The Morgan fingerprint density at radius 2 is 0.775 bits per heavy atom. The molecule has 2 nitrogen and oxygen atoms in total. The normalized spacial score (nSPS) is 14.6. The molecular weight excluding hydrogens is 519 g/mol. The van der Waals surface area contributed by atoms with Crippen molar-refractivity contribution in [3.8, 4) is 0 Å². The van der Waals surface area contributed by atoms with Gasteiger partial charge in [0.05, 0.1) is 5.56 Å². The molecule has 1 heterocycles. The van der Waals surface area contributed by atoms with E-state index in [1.54, 1.807) is 0 Å². The lowest BCUT2D eigenvalue weighted by Crippen LogP contribution is -2.35. The van der Waals surface area contributed by atoms with Gasteiger partial charge in [-0.15, -0.1) is 0 Å². The molecule has 0 N–H and O–H groups in total. The van der Waals surface area contributed by atoms with E-state index in [2.05, 4.69) is 0 Å².